The maximum Gasteiger partial charge on any atom is 0.327 e. The third-order valence-corrected chi connectivity index (χ3v) is 5.89. The van der Waals surface area contributed by atoms with Gasteiger partial charge in [-0.15, -0.1) is 0 Å². The third kappa shape index (κ3) is 3.06. The van der Waals surface area contributed by atoms with Crippen LogP contribution in [0, 0.1) is 12.7 Å². The Morgan fingerprint density at radius 1 is 1.27 bits per heavy atom. The zero-order valence-corrected chi connectivity index (χ0v) is 17.1. The number of benzene rings is 1. The Morgan fingerprint density at radius 3 is 2.87 bits per heavy atom. The zero-order valence-electron chi connectivity index (χ0n) is 17.1. The summed E-state index contributed by atoms with van der Waals surface area (Å²) in [5.41, 5.74) is 3.37. The van der Waals surface area contributed by atoms with E-state index >= 15 is 0 Å². The summed E-state index contributed by atoms with van der Waals surface area (Å²) in [7, 11) is 1.75. The van der Waals surface area contributed by atoms with Crippen molar-refractivity contribution in [2.24, 2.45) is 7.05 Å². The Bertz CT molecular complexity index is 1140. The van der Waals surface area contributed by atoms with Crippen LogP contribution in [0.3, 0.4) is 0 Å². The van der Waals surface area contributed by atoms with Gasteiger partial charge < -0.3 is 15.5 Å². The maximum absolute atomic E-state index is 14.7. The van der Waals surface area contributed by atoms with E-state index in [-0.39, 0.29) is 6.03 Å². The maximum atomic E-state index is 14.7. The molecule has 0 saturated carbocycles. The van der Waals surface area contributed by atoms with Crippen molar-refractivity contribution in [1.82, 2.24) is 20.1 Å². The van der Waals surface area contributed by atoms with Crippen molar-refractivity contribution in [1.29, 1.82) is 0 Å². The molecule has 3 aromatic rings. The Balaban J connectivity index is 1.43. The van der Waals surface area contributed by atoms with E-state index in [1.165, 1.54) is 0 Å². The number of fused-ring (bicyclic) bond motifs is 2. The lowest BCUT2D eigenvalue weighted by atomic mass is 10.1. The molecule has 5 rings (SSSR count). The van der Waals surface area contributed by atoms with E-state index in [1.54, 1.807) is 42.0 Å². The molecule has 0 atom stereocenters. The van der Waals surface area contributed by atoms with Crippen molar-refractivity contribution in [3.05, 3.63) is 41.5 Å². The van der Waals surface area contributed by atoms with E-state index in [0.717, 1.165) is 43.9 Å². The Kier molecular flexibility index (Phi) is 4.54. The van der Waals surface area contributed by atoms with Gasteiger partial charge in [-0.3, -0.25) is 9.58 Å². The van der Waals surface area contributed by atoms with Gasteiger partial charge in [0.05, 0.1) is 0 Å². The van der Waals surface area contributed by atoms with Crippen LogP contribution < -0.4 is 20.4 Å². The molecule has 1 aromatic carbocycles. The second kappa shape index (κ2) is 7.24. The van der Waals surface area contributed by atoms with Crippen LogP contribution in [0.25, 0.3) is 10.9 Å². The summed E-state index contributed by atoms with van der Waals surface area (Å²) < 4.78 is 16.3. The highest BCUT2D eigenvalue weighted by atomic mass is 19.1. The molecule has 156 valence electrons. The Labute approximate surface area is 173 Å². The molecule has 4 heterocycles. The van der Waals surface area contributed by atoms with Crippen molar-refractivity contribution >= 4 is 34.1 Å². The predicted octanol–water partition coefficient (Wildman–Crippen LogP) is 2.42. The number of carbonyl (C=O) groups is 1. The standard InChI is InChI=1S/C21H24FN7O/c1-13-16(11-14-12-27(2)26-19(14)18(13)22)25-21(30)29-8-4-15-17(3-5-24-20(15)29)28-9-6-23-7-10-28/h3,5,11-12,23H,4,6-10H2,1-2H3,(H,25,30). The summed E-state index contributed by atoms with van der Waals surface area (Å²) in [6.07, 6.45) is 4.25. The largest absolute Gasteiger partial charge is 0.369 e. The molecule has 2 amide bonds. The molecule has 2 aromatic heterocycles. The van der Waals surface area contributed by atoms with Gasteiger partial charge in [-0.1, -0.05) is 0 Å². The molecule has 2 aliphatic heterocycles. The molecule has 0 spiro atoms. The lowest BCUT2D eigenvalue weighted by Gasteiger charge is -2.31. The summed E-state index contributed by atoms with van der Waals surface area (Å²) in [5, 5.41) is 11.0. The highest BCUT2D eigenvalue weighted by molar-refractivity contribution is 6.04. The number of pyridine rings is 1. The van der Waals surface area contributed by atoms with E-state index in [1.807, 2.05) is 6.07 Å². The van der Waals surface area contributed by atoms with Crippen LogP contribution in [0.4, 0.5) is 26.4 Å². The molecule has 0 unspecified atom stereocenters. The second-order valence-corrected chi connectivity index (χ2v) is 7.80. The van der Waals surface area contributed by atoms with Crippen LogP contribution in [0.1, 0.15) is 11.1 Å². The lowest BCUT2D eigenvalue weighted by molar-refractivity contribution is 0.257. The van der Waals surface area contributed by atoms with Crippen LogP contribution in [0.5, 0.6) is 0 Å². The molecule has 1 fully saturated rings. The van der Waals surface area contributed by atoms with Gasteiger partial charge >= 0.3 is 6.03 Å². The van der Waals surface area contributed by atoms with Crippen LogP contribution in [0.2, 0.25) is 0 Å². The number of hydrogen-bond donors (Lipinski definition) is 2. The number of rotatable bonds is 2. The first kappa shape index (κ1) is 18.8. The third-order valence-electron chi connectivity index (χ3n) is 5.89. The number of aryl methyl sites for hydroxylation is 1. The minimum atomic E-state index is -0.413. The van der Waals surface area contributed by atoms with Gasteiger partial charge in [0.2, 0.25) is 0 Å². The normalized spacial score (nSPS) is 16.2. The van der Waals surface area contributed by atoms with Gasteiger partial charge in [0.25, 0.3) is 0 Å². The number of amides is 2. The molecule has 0 aliphatic carbocycles. The van der Waals surface area contributed by atoms with E-state index in [0.29, 0.717) is 34.5 Å². The van der Waals surface area contributed by atoms with Crippen LogP contribution in [-0.2, 0) is 13.5 Å². The minimum Gasteiger partial charge on any atom is -0.369 e. The van der Waals surface area contributed by atoms with E-state index in [2.05, 4.69) is 25.6 Å². The molecular weight excluding hydrogens is 385 g/mol. The van der Waals surface area contributed by atoms with Gasteiger partial charge in [0.1, 0.15) is 11.3 Å². The van der Waals surface area contributed by atoms with Crippen LogP contribution in [-0.4, -0.2) is 53.5 Å². The topological polar surface area (TPSA) is 78.3 Å². The summed E-state index contributed by atoms with van der Waals surface area (Å²) in [6, 6.07) is 3.49. The van der Waals surface area contributed by atoms with Crippen molar-refractivity contribution in [3.63, 3.8) is 0 Å². The Morgan fingerprint density at radius 2 is 2.07 bits per heavy atom. The number of aromatic nitrogens is 3. The summed E-state index contributed by atoms with van der Waals surface area (Å²) >= 11 is 0. The first-order chi connectivity index (χ1) is 14.5. The fourth-order valence-corrected chi connectivity index (χ4v) is 4.33. The van der Waals surface area contributed by atoms with Crippen molar-refractivity contribution in [3.8, 4) is 0 Å². The summed E-state index contributed by atoms with van der Waals surface area (Å²) in [6.45, 7) is 5.97. The molecule has 0 bridgehead atoms. The van der Waals surface area contributed by atoms with Gasteiger partial charge in [-0.25, -0.2) is 14.2 Å². The lowest BCUT2D eigenvalue weighted by Crippen LogP contribution is -2.43. The van der Waals surface area contributed by atoms with Gasteiger partial charge in [-0.2, -0.15) is 5.10 Å². The van der Waals surface area contributed by atoms with E-state index in [9.17, 15) is 9.18 Å². The molecule has 0 radical (unpaired) electrons. The van der Waals surface area contributed by atoms with Gasteiger partial charge in [-0.05, 0) is 25.5 Å². The number of anilines is 3. The fraction of sp³-hybridized carbons (Fsp3) is 0.381. The number of nitrogens with one attached hydrogen (secondary N) is 2. The molecule has 9 heteroatoms. The van der Waals surface area contributed by atoms with Crippen molar-refractivity contribution in [2.45, 2.75) is 13.3 Å². The highest BCUT2D eigenvalue weighted by Crippen LogP contribution is 2.35. The van der Waals surface area contributed by atoms with Crippen molar-refractivity contribution in [2.75, 3.05) is 47.8 Å². The summed E-state index contributed by atoms with van der Waals surface area (Å²) in [5.74, 6) is 0.272. The first-order valence-corrected chi connectivity index (χ1v) is 10.2. The number of carbonyl (C=O) groups excluding carboxylic acids is 1. The number of halogens is 1. The van der Waals surface area contributed by atoms with Crippen LogP contribution in [0.15, 0.2) is 24.5 Å². The average molecular weight is 409 g/mol. The van der Waals surface area contributed by atoms with Gasteiger partial charge in [0.15, 0.2) is 5.82 Å². The fourth-order valence-electron chi connectivity index (χ4n) is 4.33. The number of urea groups is 1. The van der Waals surface area contributed by atoms with Crippen LogP contribution >= 0.6 is 0 Å². The zero-order chi connectivity index (χ0) is 20.8. The summed E-state index contributed by atoms with van der Waals surface area (Å²) in [4.78, 5) is 21.6. The molecule has 2 aliphatic rings. The molecule has 2 N–H and O–H groups in total. The molecule has 8 nitrogen and oxygen atoms in total. The number of hydrogen-bond acceptors (Lipinski definition) is 5. The second-order valence-electron chi connectivity index (χ2n) is 7.80. The quantitative estimate of drug-likeness (QED) is 0.680. The SMILES string of the molecule is Cc1c(NC(=O)N2CCc3c(N4CCNCC4)ccnc32)cc2cn(C)nc2c1F. The van der Waals surface area contributed by atoms with E-state index in [4.69, 9.17) is 0 Å². The number of nitrogens with zero attached hydrogens (tertiary/aromatic N) is 5. The molecule has 30 heavy (non-hydrogen) atoms. The van der Waals surface area contributed by atoms with Gasteiger partial charge in [0, 0.05) is 80.1 Å². The smallest absolute Gasteiger partial charge is 0.327 e. The average Bonchev–Trinajstić information content (AvgIpc) is 3.35. The monoisotopic (exact) mass is 409 g/mol. The molecular formula is C21H24FN7O. The number of piperazine rings is 1. The molecule has 1 saturated heterocycles. The first-order valence-electron chi connectivity index (χ1n) is 10.2. The highest BCUT2D eigenvalue weighted by Gasteiger charge is 2.30. The van der Waals surface area contributed by atoms with Crippen molar-refractivity contribution < 1.29 is 9.18 Å². The minimum absolute atomic E-state index is 0.301. The van der Waals surface area contributed by atoms with E-state index < -0.39 is 5.82 Å². The predicted molar refractivity (Wildman–Crippen MR) is 115 cm³/mol. The Hall–Kier alpha value is -3.20.